The van der Waals surface area contributed by atoms with Crippen LogP contribution < -0.4 is 6.15 Å². The SMILES string of the molecule is CCCCC(CC)C(OCCC)OCCC.N. The summed E-state index contributed by atoms with van der Waals surface area (Å²) in [7, 11) is 0. The molecule has 0 aromatic rings. The molecule has 3 nitrogen and oxygen atoms in total. The van der Waals surface area contributed by atoms with Gasteiger partial charge in [0.25, 0.3) is 0 Å². The lowest BCUT2D eigenvalue weighted by Crippen LogP contribution is -2.27. The molecule has 0 heterocycles. The van der Waals surface area contributed by atoms with E-state index >= 15 is 0 Å². The third-order valence-corrected chi connectivity index (χ3v) is 2.81. The summed E-state index contributed by atoms with van der Waals surface area (Å²) in [5.41, 5.74) is 0. The van der Waals surface area contributed by atoms with E-state index in [0.29, 0.717) is 5.92 Å². The molecule has 0 rings (SSSR count). The van der Waals surface area contributed by atoms with Gasteiger partial charge in [-0.15, -0.1) is 0 Å². The van der Waals surface area contributed by atoms with Crippen molar-refractivity contribution in [3.63, 3.8) is 0 Å². The summed E-state index contributed by atoms with van der Waals surface area (Å²) in [5, 5.41) is 0. The standard InChI is InChI=1S/C14H30O2.H3N/c1-5-9-10-13(8-4)14(15-11-6-2)16-12-7-3;/h13-14H,5-12H2,1-4H3;1H3. The van der Waals surface area contributed by atoms with Crippen molar-refractivity contribution in [3.05, 3.63) is 0 Å². The normalized spacial score (nSPS) is 12.5. The number of ether oxygens (including phenoxy) is 2. The fourth-order valence-corrected chi connectivity index (χ4v) is 1.79. The number of rotatable bonds is 11. The Balaban J connectivity index is 0. The first-order valence-corrected chi connectivity index (χ1v) is 7.03. The van der Waals surface area contributed by atoms with E-state index in [2.05, 4.69) is 27.7 Å². The highest BCUT2D eigenvalue weighted by atomic mass is 16.7. The molecule has 0 aliphatic heterocycles. The fraction of sp³-hybridized carbons (Fsp3) is 1.00. The third-order valence-electron chi connectivity index (χ3n) is 2.81. The van der Waals surface area contributed by atoms with Crippen LogP contribution in [-0.4, -0.2) is 19.5 Å². The van der Waals surface area contributed by atoms with Crippen LogP contribution in [0.15, 0.2) is 0 Å². The second-order valence-corrected chi connectivity index (χ2v) is 4.42. The van der Waals surface area contributed by atoms with Gasteiger partial charge in [0.1, 0.15) is 0 Å². The summed E-state index contributed by atoms with van der Waals surface area (Å²) < 4.78 is 11.6. The molecule has 0 aliphatic carbocycles. The molecule has 0 fully saturated rings. The fourth-order valence-electron chi connectivity index (χ4n) is 1.79. The van der Waals surface area contributed by atoms with Gasteiger partial charge in [-0.05, 0) is 25.7 Å². The summed E-state index contributed by atoms with van der Waals surface area (Å²) in [6.45, 7) is 10.4. The first kappa shape index (κ1) is 19.2. The van der Waals surface area contributed by atoms with Crippen molar-refractivity contribution in [2.75, 3.05) is 13.2 Å². The summed E-state index contributed by atoms with van der Waals surface area (Å²) in [6.07, 6.45) is 7.07. The molecule has 0 amide bonds. The minimum absolute atomic E-state index is 0. The quantitative estimate of drug-likeness (QED) is 0.545. The summed E-state index contributed by atoms with van der Waals surface area (Å²) in [6, 6.07) is 0. The van der Waals surface area contributed by atoms with Gasteiger partial charge in [0, 0.05) is 19.1 Å². The van der Waals surface area contributed by atoms with E-state index in [-0.39, 0.29) is 12.4 Å². The van der Waals surface area contributed by atoms with Crippen LogP contribution in [0.5, 0.6) is 0 Å². The van der Waals surface area contributed by atoms with Crippen LogP contribution in [0, 0.1) is 5.92 Å². The molecule has 3 heteroatoms. The third kappa shape index (κ3) is 9.57. The van der Waals surface area contributed by atoms with Gasteiger partial charge in [-0.3, -0.25) is 0 Å². The van der Waals surface area contributed by atoms with Crippen LogP contribution in [0.2, 0.25) is 0 Å². The highest BCUT2D eigenvalue weighted by Gasteiger charge is 2.20. The zero-order chi connectivity index (χ0) is 12.2. The number of unbranched alkanes of at least 4 members (excludes halogenated alkanes) is 1. The Labute approximate surface area is 108 Å². The predicted molar refractivity (Wildman–Crippen MR) is 74.6 cm³/mol. The lowest BCUT2D eigenvalue weighted by atomic mass is 9.98. The van der Waals surface area contributed by atoms with Crippen LogP contribution in [0.25, 0.3) is 0 Å². The second kappa shape index (κ2) is 13.9. The first-order chi connectivity index (χ1) is 7.79. The number of hydrogen-bond acceptors (Lipinski definition) is 3. The first-order valence-electron chi connectivity index (χ1n) is 7.03. The van der Waals surface area contributed by atoms with E-state index in [4.69, 9.17) is 9.47 Å². The van der Waals surface area contributed by atoms with E-state index in [9.17, 15) is 0 Å². The minimum atomic E-state index is 0. The van der Waals surface area contributed by atoms with E-state index in [1.54, 1.807) is 0 Å². The molecule has 1 atom stereocenters. The Morgan fingerprint density at radius 3 is 1.71 bits per heavy atom. The van der Waals surface area contributed by atoms with Crippen LogP contribution in [0.1, 0.15) is 66.2 Å². The van der Waals surface area contributed by atoms with Gasteiger partial charge in [0.2, 0.25) is 0 Å². The van der Waals surface area contributed by atoms with Gasteiger partial charge in [-0.25, -0.2) is 0 Å². The Morgan fingerprint density at radius 2 is 1.35 bits per heavy atom. The topological polar surface area (TPSA) is 53.5 Å². The minimum Gasteiger partial charge on any atom is -0.352 e. The average molecular weight is 247 g/mol. The molecule has 0 radical (unpaired) electrons. The van der Waals surface area contributed by atoms with E-state index in [1.807, 2.05) is 0 Å². The van der Waals surface area contributed by atoms with Gasteiger partial charge < -0.3 is 15.6 Å². The zero-order valence-corrected chi connectivity index (χ0v) is 12.3. The van der Waals surface area contributed by atoms with Crippen LogP contribution in [0.4, 0.5) is 0 Å². The smallest absolute Gasteiger partial charge is 0.160 e. The van der Waals surface area contributed by atoms with Gasteiger partial charge in [0.15, 0.2) is 6.29 Å². The molecule has 0 bridgehead atoms. The van der Waals surface area contributed by atoms with Gasteiger partial charge in [-0.2, -0.15) is 0 Å². The molecule has 0 saturated carbocycles. The number of hydrogen-bond donors (Lipinski definition) is 1. The molecule has 0 aliphatic rings. The maximum atomic E-state index is 5.82. The van der Waals surface area contributed by atoms with Crippen molar-refractivity contribution >= 4 is 0 Å². The van der Waals surface area contributed by atoms with Crippen LogP contribution in [0.3, 0.4) is 0 Å². The molecule has 1 unspecified atom stereocenters. The highest BCUT2D eigenvalue weighted by molar-refractivity contribution is 4.62. The van der Waals surface area contributed by atoms with E-state index in [0.717, 1.165) is 32.5 Å². The molecule has 0 spiro atoms. The monoisotopic (exact) mass is 247 g/mol. The van der Waals surface area contributed by atoms with Gasteiger partial charge >= 0.3 is 0 Å². The van der Waals surface area contributed by atoms with Crippen molar-refractivity contribution in [1.29, 1.82) is 0 Å². The maximum Gasteiger partial charge on any atom is 0.160 e. The predicted octanol–water partition coefficient (Wildman–Crippen LogP) is 4.54. The van der Waals surface area contributed by atoms with Crippen LogP contribution in [-0.2, 0) is 9.47 Å². The lowest BCUT2D eigenvalue weighted by Gasteiger charge is -2.26. The lowest BCUT2D eigenvalue weighted by molar-refractivity contribution is -0.174. The van der Waals surface area contributed by atoms with Crippen molar-refractivity contribution in [2.24, 2.45) is 5.92 Å². The summed E-state index contributed by atoms with van der Waals surface area (Å²) in [5.74, 6) is 0.568. The maximum absolute atomic E-state index is 5.82. The molecule has 0 aromatic carbocycles. The van der Waals surface area contributed by atoms with Crippen LogP contribution >= 0.6 is 0 Å². The molecule has 106 valence electrons. The zero-order valence-electron chi connectivity index (χ0n) is 12.3. The van der Waals surface area contributed by atoms with Crippen molar-refractivity contribution < 1.29 is 9.47 Å². The Bertz CT molecular complexity index is 134. The second-order valence-electron chi connectivity index (χ2n) is 4.42. The molecule has 0 aromatic heterocycles. The average Bonchev–Trinajstić information content (AvgIpc) is 2.32. The van der Waals surface area contributed by atoms with E-state index < -0.39 is 0 Å². The van der Waals surface area contributed by atoms with Crippen molar-refractivity contribution in [2.45, 2.75) is 72.5 Å². The van der Waals surface area contributed by atoms with Gasteiger partial charge in [0.05, 0.1) is 0 Å². The van der Waals surface area contributed by atoms with Gasteiger partial charge in [-0.1, -0.05) is 40.5 Å². The van der Waals surface area contributed by atoms with Crippen molar-refractivity contribution in [3.8, 4) is 0 Å². The molecule has 17 heavy (non-hydrogen) atoms. The summed E-state index contributed by atoms with van der Waals surface area (Å²) in [4.78, 5) is 0. The highest BCUT2D eigenvalue weighted by Crippen LogP contribution is 2.21. The Hall–Kier alpha value is -0.120. The molecule has 3 N–H and O–H groups in total. The summed E-state index contributed by atoms with van der Waals surface area (Å²) >= 11 is 0. The molecule has 0 saturated heterocycles. The Morgan fingerprint density at radius 1 is 0.824 bits per heavy atom. The molecular weight excluding hydrogens is 214 g/mol. The Kier molecular flexibility index (Phi) is 15.8. The molecular formula is C14H33NO2. The largest absolute Gasteiger partial charge is 0.352 e. The van der Waals surface area contributed by atoms with Crippen molar-refractivity contribution in [1.82, 2.24) is 6.15 Å². The van der Waals surface area contributed by atoms with E-state index in [1.165, 1.54) is 19.3 Å².